The van der Waals surface area contributed by atoms with Gasteiger partial charge in [-0.1, -0.05) is 37.4 Å². The molecule has 2 heterocycles. The van der Waals surface area contributed by atoms with Crippen LogP contribution in [0.2, 0.25) is 0 Å². The summed E-state index contributed by atoms with van der Waals surface area (Å²) in [5, 5.41) is 54.1. The van der Waals surface area contributed by atoms with Gasteiger partial charge in [0, 0.05) is 24.5 Å². The predicted molar refractivity (Wildman–Crippen MR) is 186 cm³/mol. The van der Waals surface area contributed by atoms with Crippen LogP contribution in [0.5, 0.6) is 0 Å². The van der Waals surface area contributed by atoms with Gasteiger partial charge in [-0.3, -0.25) is 43.2 Å². The summed E-state index contributed by atoms with van der Waals surface area (Å²) in [4.78, 5) is 40.3. The fourth-order valence-corrected chi connectivity index (χ4v) is 4.04. The highest BCUT2D eigenvalue weighted by Gasteiger charge is 2.19. The molecule has 2 aromatic carbocycles. The number of carboxylic acids is 2. The van der Waals surface area contributed by atoms with Crippen molar-refractivity contribution < 1.29 is 39.9 Å². The molecule has 4 aromatic rings. The van der Waals surface area contributed by atoms with Gasteiger partial charge in [0.05, 0.1) is 33.2 Å². The lowest BCUT2D eigenvalue weighted by Gasteiger charge is -2.08. The fourth-order valence-electron chi connectivity index (χ4n) is 4.04. The standard InChI is InChI=1S/2C14H14N6O2.C4H4O4/c2*1-2-10(17-18-14(15)16)11-8-5-9-19(11)12-6-3-4-7-13(12)20(21)22;5-3(6)1-2-4(7)8/h2*2-9H,1H2,(H4,15,16,18);1-2H,(H,5,6)(H,7,8)/b2*17-10+;2-1+. The van der Waals surface area contributed by atoms with Crippen LogP contribution in [0.25, 0.3) is 11.4 Å². The molecular weight excluding hydrogens is 680 g/mol. The molecule has 0 spiro atoms. The van der Waals surface area contributed by atoms with Crippen molar-refractivity contribution in [2.24, 2.45) is 33.1 Å². The van der Waals surface area contributed by atoms with Crippen molar-refractivity contribution in [2.75, 3.05) is 0 Å². The van der Waals surface area contributed by atoms with Gasteiger partial charge in [0.2, 0.25) is 0 Å². The number of nitrogens with two attached hydrogens (primary N) is 4. The van der Waals surface area contributed by atoms with Crippen LogP contribution in [-0.2, 0) is 9.59 Å². The summed E-state index contributed by atoms with van der Waals surface area (Å²) in [5.41, 5.74) is 24.2. The SMILES string of the molecule is C=C/C(=N\[NH+]=C(N)N)c1cccn1-c1ccccc1[N+](=O)[O-].C=C/C(=N\[NH+]=C(N)N)c1cccn1-c1ccccc1[N+](=O)[O-].O=C([O-])/C=C/C(=O)[O-]. The average Bonchev–Trinajstić information content (AvgIpc) is 3.79. The van der Waals surface area contributed by atoms with E-state index in [0.29, 0.717) is 46.3 Å². The molecule has 0 fully saturated rings. The normalized spacial score (nSPS) is 10.8. The van der Waals surface area contributed by atoms with E-state index in [-0.39, 0.29) is 23.3 Å². The Morgan fingerprint density at radius 1 is 0.635 bits per heavy atom. The lowest BCUT2D eigenvalue weighted by atomic mass is 10.2. The van der Waals surface area contributed by atoms with Gasteiger partial charge in [-0.05, 0) is 60.7 Å². The first-order valence-electron chi connectivity index (χ1n) is 14.3. The molecule has 20 nitrogen and oxygen atoms in total. The summed E-state index contributed by atoms with van der Waals surface area (Å²) in [5.74, 6) is -3.23. The Labute approximate surface area is 294 Å². The van der Waals surface area contributed by atoms with Gasteiger partial charge >= 0.3 is 11.9 Å². The fraction of sp³-hybridized carbons (Fsp3) is 0. The number of aliphatic carboxylic acids is 2. The maximum absolute atomic E-state index is 11.2. The lowest BCUT2D eigenvalue weighted by Crippen LogP contribution is -2.73. The average molecular weight is 713 g/mol. The summed E-state index contributed by atoms with van der Waals surface area (Å²) in [7, 11) is 0. The first-order valence-corrected chi connectivity index (χ1v) is 14.3. The van der Waals surface area contributed by atoms with Crippen molar-refractivity contribution in [3.05, 3.63) is 154 Å². The van der Waals surface area contributed by atoms with Crippen molar-refractivity contribution in [1.29, 1.82) is 0 Å². The number of carbonyl (C=O) groups is 2. The summed E-state index contributed by atoms with van der Waals surface area (Å²) in [6.07, 6.45) is 7.16. The number of carbonyl (C=O) groups excluding carboxylic acids is 2. The third kappa shape index (κ3) is 11.8. The van der Waals surface area contributed by atoms with Crippen LogP contribution in [0.15, 0.2) is 133 Å². The Morgan fingerprint density at radius 2 is 0.981 bits per heavy atom. The van der Waals surface area contributed by atoms with Crippen LogP contribution in [-0.4, -0.2) is 54.3 Å². The molecule has 10 N–H and O–H groups in total. The van der Waals surface area contributed by atoms with Gasteiger partial charge in [-0.25, -0.2) is 0 Å². The molecule has 0 amide bonds. The lowest BCUT2D eigenvalue weighted by molar-refractivity contribution is -0.464. The first-order chi connectivity index (χ1) is 24.7. The highest BCUT2D eigenvalue weighted by molar-refractivity contribution is 6.08. The summed E-state index contributed by atoms with van der Waals surface area (Å²) in [6.45, 7) is 7.36. The van der Waals surface area contributed by atoms with E-state index >= 15 is 0 Å². The number of benzene rings is 2. The van der Waals surface area contributed by atoms with E-state index in [1.165, 1.54) is 24.3 Å². The maximum Gasteiger partial charge on any atom is 0.362 e. The van der Waals surface area contributed by atoms with Crippen molar-refractivity contribution in [1.82, 2.24) is 9.13 Å². The number of aromatic nitrogens is 2. The monoisotopic (exact) mass is 712 g/mol. The molecule has 52 heavy (non-hydrogen) atoms. The van der Waals surface area contributed by atoms with E-state index in [1.54, 1.807) is 82.2 Å². The van der Waals surface area contributed by atoms with Crippen LogP contribution >= 0.6 is 0 Å². The van der Waals surface area contributed by atoms with Gasteiger partial charge in [0.25, 0.3) is 11.4 Å². The Kier molecular flexibility index (Phi) is 15.1. The number of nitro benzene ring substituents is 2. The number of hydrogen-bond acceptors (Lipinski definition) is 10. The number of rotatable bonds is 12. The van der Waals surface area contributed by atoms with E-state index in [0.717, 1.165) is 0 Å². The number of para-hydroxylation sites is 4. The third-order valence-electron chi connectivity index (χ3n) is 6.05. The molecule has 4 rings (SSSR count). The molecule has 0 bridgehead atoms. The molecule has 0 radical (unpaired) electrons. The second-order valence-corrected chi connectivity index (χ2v) is 9.53. The van der Waals surface area contributed by atoms with E-state index < -0.39 is 21.8 Å². The van der Waals surface area contributed by atoms with Crippen molar-refractivity contribution >= 4 is 46.7 Å². The molecule has 0 aliphatic heterocycles. The molecule has 2 aromatic heterocycles. The second-order valence-electron chi connectivity index (χ2n) is 9.53. The number of nitrogens with zero attached hydrogens (tertiary/aromatic N) is 6. The molecular formula is C32H32N12O8. The van der Waals surface area contributed by atoms with Gasteiger partial charge in [0.1, 0.15) is 22.8 Å². The maximum atomic E-state index is 11.2. The van der Waals surface area contributed by atoms with Crippen LogP contribution in [0.1, 0.15) is 11.4 Å². The van der Waals surface area contributed by atoms with Crippen LogP contribution in [0.4, 0.5) is 11.4 Å². The summed E-state index contributed by atoms with van der Waals surface area (Å²) < 4.78 is 3.29. The summed E-state index contributed by atoms with van der Waals surface area (Å²) in [6, 6.07) is 19.9. The van der Waals surface area contributed by atoms with E-state index in [1.807, 2.05) is 0 Å². The highest BCUT2D eigenvalue weighted by Crippen LogP contribution is 2.25. The summed E-state index contributed by atoms with van der Waals surface area (Å²) >= 11 is 0. The minimum absolute atomic E-state index is 0.0128. The molecule has 0 unspecified atom stereocenters. The third-order valence-corrected chi connectivity index (χ3v) is 6.05. The van der Waals surface area contributed by atoms with Gasteiger partial charge in [-0.2, -0.15) is 10.2 Å². The number of hydrogen-bond donors (Lipinski definition) is 6. The number of hydrazone groups is 2. The molecule has 268 valence electrons. The first kappa shape index (κ1) is 40.0. The Morgan fingerprint density at radius 3 is 1.27 bits per heavy atom. The number of carboxylic acid groups (broad SMARTS) is 2. The van der Waals surface area contributed by atoms with Crippen LogP contribution in [0.3, 0.4) is 0 Å². The largest absolute Gasteiger partial charge is 0.545 e. The number of guanidine groups is 2. The molecule has 0 aliphatic carbocycles. The van der Waals surface area contributed by atoms with Gasteiger partial charge < -0.3 is 28.9 Å². The van der Waals surface area contributed by atoms with E-state index in [4.69, 9.17) is 22.9 Å². The zero-order chi connectivity index (χ0) is 38.8. The van der Waals surface area contributed by atoms with Crippen LogP contribution < -0.4 is 43.4 Å². The number of nitro groups is 2. The van der Waals surface area contributed by atoms with Crippen molar-refractivity contribution in [3.63, 3.8) is 0 Å². The number of allylic oxidation sites excluding steroid dienone is 2. The minimum atomic E-state index is -1.55. The molecule has 0 atom stereocenters. The Bertz CT molecular complexity index is 1950. The quantitative estimate of drug-likeness (QED) is 0.0272. The second kappa shape index (κ2) is 19.6. The predicted octanol–water partition coefficient (Wildman–Crippen LogP) is -3.70. The zero-order valence-corrected chi connectivity index (χ0v) is 27.1. The smallest absolute Gasteiger partial charge is 0.362 e. The Balaban J connectivity index is 0.000000299. The topological polar surface area (TPSA) is 333 Å². The van der Waals surface area contributed by atoms with Crippen molar-refractivity contribution in [2.45, 2.75) is 0 Å². The number of nitrogens with one attached hydrogen (secondary N) is 2. The minimum Gasteiger partial charge on any atom is -0.545 e. The Hall–Kier alpha value is -8.16. The van der Waals surface area contributed by atoms with Gasteiger partial charge in [-0.15, -0.1) is 10.2 Å². The van der Waals surface area contributed by atoms with E-state index in [2.05, 4.69) is 33.6 Å². The van der Waals surface area contributed by atoms with Crippen molar-refractivity contribution in [3.8, 4) is 11.4 Å². The molecule has 0 saturated heterocycles. The van der Waals surface area contributed by atoms with Gasteiger partial charge in [0.15, 0.2) is 0 Å². The molecule has 20 heteroatoms. The highest BCUT2D eigenvalue weighted by atomic mass is 16.6. The van der Waals surface area contributed by atoms with Crippen LogP contribution in [0, 0.1) is 20.2 Å². The molecule has 0 aliphatic rings. The zero-order valence-electron chi connectivity index (χ0n) is 27.1. The van der Waals surface area contributed by atoms with E-state index in [9.17, 15) is 40.0 Å². The molecule has 0 saturated carbocycles.